The van der Waals surface area contributed by atoms with Crippen molar-refractivity contribution in [2.75, 3.05) is 33.7 Å². The molecule has 4 aliphatic carbocycles. The molecule has 31 heavy (non-hydrogen) atoms. The highest BCUT2D eigenvalue weighted by Gasteiger charge is 2.84. The average molecular weight is 434 g/mol. The SMILES string of the molecule is COOCCOCOCC12CC3C(C)CCC3C3(C#N)CC1C=C(C(C)C)C32C(=O)O. The van der Waals surface area contributed by atoms with Crippen LogP contribution in [0.3, 0.4) is 0 Å². The number of carboxylic acid groups (broad SMARTS) is 1. The zero-order valence-electron chi connectivity index (χ0n) is 19.1. The topological polar surface area (TPSA) is 98.0 Å². The summed E-state index contributed by atoms with van der Waals surface area (Å²) in [6.45, 7) is 7.36. The molecular weight excluding hydrogens is 398 g/mol. The monoisotopic (exact) mass is 433 g/mol. The van der Waals surface area contributed by atoms with Gasteiger partial charge < -0.3 is 14.6 Å². The molecule has 4 bridgehead atoms. The van der Waals surface area contributed by atoms with Crippen LogP contribution in [0.15, 0.2) is 11.6 Å². The Morgan fingerprint density at radius 3 is 2.71 bits per heavy atom. The highest BCUT2D eigenvalue weighted by atomic mass is 17.2. The number of carboxylic acids is 1. The molecule has 7 heteroatoms. The van der Waals surface area contributed by atoms with Gasteiger partial charge in [0.1, 0.15) is 18.8 Å². The van der Waals surface area contributed by atoms with Crippen molar-refractivity contribution < 1.29 is 29.1 Å². The summed E-state index contributed by atoms with van der Waals surface area (Å²) in [5.74, 6) is 0.306. The molecule has 4 aliphatic rings. The molecule has 3 saturated carbocycles. The van der Waals surface area contributed by atoms with Crippen molar-refractivity contribution in [1.29, 1.82) is 5.26 Å². The Bertz CT molecular complexity index is 789. The molecule has 0 aromatic rings. The van der Waals surface area contributed by atoms with Gasteiger partial charge in [0, 0.05) is 5.41 Å². The summed E-state index contributed by atoms with van der Waals surface area (Å²) in [4.78, 5) is 22.6. The molecule has 1 N–H and O–H groups in total. The molecule has 4 rings (SSSR count). The molecule has 0 saturated heterocycles. The Hall–Kier alpha value is -1.46. The van der Waals surface area contributed by atoms with E-state index in [1.54, 1.807) is 0 Å². The Morgan fingerprint density at radius 1 is 1.29 bits per heavy atom. The minimum atomic E-state index is -1.18. The first-order valence-corrected chi connectivity index (χ1v) is 11.5. The number of carbonyl (C=O) groups is 1. The molecule has 0 heterocycles. The Kier molecular flexibility index (Phi) is 5.97. The molecule has 172 valence electrons. The number of nitriles is 1. The average Bonchev–Trinajstić information content (AvgIpc) is 3.30. The molecule has 3 fully saturated rings. The highest BCUT2D eigenvalue weighted by Crippen LogP contribution is 2.83. The summed E-state index contributed by atoms with van der Waals surface area (Å²) in [5.41, 5.74) is -1.70. The predicted octanol–water partition coefficient (Wildman–Crippen LogP) is 3.80. The molecule has 0 spiro atoms. The van der Waals surface area contributed by atoms with E-state index in [1.165, 1.54) is 7.11 Å². The second kappa shape index (κ2) is 8.15. The Labute approximate surface area is 184 Å². The number of fused-ring (bicyclic) bond motifs is 2. The van der Waals surface area contributed by atoms with E-state index in [2.05, 4.69) is 37.8 Å². The van der Waals surface area contributed by atoms with Crippen LogP contribution in [0.25, 0.3) is 0 Å². The highest BCUT2D eigenvalue weighted by molar-refractivity contribution is 5.85. The van der Waals surface area contributed by atoms with Crippen LogP contribution in [0.4, 0.5) is 0 Å². The lowest BCUT2D eigenvalue weighted by molar-refractivity contribution is -0.280. The zero-order valence-corrected chi connectivity index (χ0v) is 19.1. The van der Waals surface area contributed by atoms with Crippen LogP contribution in [-0.2, 0) is 24.0 Å². The predicted molar refractivity (Wildman–Crippen MR) is 111 cm³/mol. The fourth-order valence-electron chi connectivity index (χ4n) is 8.06. The second-order valence-corrected chi connectivity index (χ2v) is 10.3. The van der Waals surface area contributed by atoms with Gasteiger partial charge in [0.2, 0.25) is 0 Å². The van der Waals surface area contributed by atoms with Gasteiger partial charge in [0.05, 0.1) is 31.8 Å². The lowest BCUT2D eigenvalue weighted by atomic mass is 9.43. The number of allylic oxidation sites excluding steroid dienone is 1. The molecule has 0 amide bonds. The number of ether oxygens (including phenoxy) is 2. The number of aliphatic carboxylic acids is 1. The standard InChI is InChI=1S/C24H35NO6/c1-15(2)20-9-17-10-22(12-25)19-6-5-16(3)18(19)11-23(17,24(20,22)21(26)27)13-30-14-29-7-8-31-28-4/h9,15-19H,5-8,10-11,13-14H2,1-4H3,(H,26,27). The van der Waals surface area contributed by atoms with Gasteiger partial charge in [-0.25, -0.2) is 9.78 Å². The summed E-state index contributed by atoms with van der Waals surface area (Å²) in [5, 5.41) is 21.5. The van der Waals surface area contributed by atoms with Crippen LogP contribution < -0.4 is 0 Å². The van der Waals surface area contributed by atoms with Gasteiger partial charge in [-0.15, -0.1) is 0 Å². The quantitative estimate of drug-likeness (QED) is 0.184. The van der Waals surface area contributed by atoms with Gasteiger partial charge in [0.15, 0.2) is 0 Å². The van der Waals surface area contributed by atoms with Gasteiger partial charge in [0.25, 0.3) is 0 Å². The van der Waals surface area contributed by atoms with Crippen LogP contribution in [-0.4, -0.2) is 44.8 Å². The smallest absolute Gasteiger partial charge is 0.316 e. The van der Waals surface area contributed by atoms with Gasteiger partial charge >= 0.3 is 5.97 Å². The van der Waals surface area contributed by atoms with Crippen LogP contribution in [0.1, 0.15) is 46.5 Å². The summed E-state index contributed by atoms with van der Waals surface area (Å²) in [7, 11) is 1.44. The first-order chi connectivity index (χ1) is 14.8. The molecule has 0 radical (unpaired) electrons. The third-order valence-electron chi connectivity index (χ3n) is 8.99. The van der Waals surface area contributed by atoms with E-state index < -0.39 is 22.2 Å². The maximum Gasteiger partial charge on any atom is 0.316 e. The summed E-state index contributed by atoms with van der Waals surface area (Å²) < 4.78 is 11.5. The number of hydrogen-bond acceptors (Lipinski definition) is 6. The molecule has 0 aromatic carbocycles. The van der Waals surface area contributed by atoms with Gasteiger partial charge in [-0.2, -0.15) is 5.26 Å². The lowest BCUT2D eigenvalue weighted by Gasteiger charge is -2.57. The van der Waals surface area contributed by atoms with E-state index >= 15 is 0 Å². The second-order valence-electron chi connectivity index (χ2n) is 10.3. The number of nitrogens with zero attached hydrogens (tertiary/aromatic N) is 1. The number of hydrogen-bond donors (Lipinski definition) is 1. The first kappa shape index (κ1) is 22.7. The summed E-state index contributed by atoms with van der Waals surface area (Å²) in [6, 6.07) is 2.65. The van der Waals surface area contributed by atoms with Crippen molar-refractivity contribution in [3.8, 4) is 6.07 Å². The number of rotatable bonds is 10. The van der Waals surface area contributed by atoms with Crippen molar-refractivity contribution >= 4 is 5.97 Å². The van der Waals surface area contributed by atoms with Crippen molar-refractivity contribution in [3.05, 3.63) is 11.6 Å². The van der Waals surface area contributed by atoms with E-state index in [4.69, 9.17) is 14.4 Å². The van der Waals surface area contributed by atoms with E-state index in [0.29, 0.717) is 38.1 Å². The largest absolute Gasteiger partial charge is 0.481 e. The van der Waals surface area contributed by atoms with Gasteiger partial charge in [-0.1, -0.05) is 38.8 Å². The molecule has 7 nitrogen and oxygen atoms in total. The van der Waals surface area contributed by atoms with Crippen molar-refractivity contribution in [1.82, 2.24) is 0 Å². The van der Waals surface area contributed by atoms with Crippen LogP contribution >= 0.6 is 0 Å². The maximum atomic E-state index is 13.2. The summed E-state index contributed by atoms with van der Waals surface area (Å²) >= 11 is 0. The molecule has 7 unspecified atom stereocenters. The minimum absolute atomic E-state index is 0.0512. The molecular formula is C24H35NO6. The molecule has 7 atom stereocenters. The van der Waals surface area contributed by atoms with E-state index in [-0.39, 0.29) is 24.5 Å². The van der Waals surface area contributed by atoms with Gasteiger partial charge in [-0.3, -0.25) is 4.79 Å². The Balaban J connectivity index is 1.69. The van der Waals surface area contributed by atoms with E-state index in [1.807, 2.05) is 0 Å². The zero-order chi connectivity index (χ0) is 22.4. The normalized spacial score (nSPS) is 42.5. The fraction of sp³-hybridized carbons (Fsp3) is 0.833. The summed E-state index contributed by atoms with van der Waals surface area (Å²) in [6.07, 6.45) is 5.65. The van der Waals surface area contributed by atoms with Crippen molar-refractivity contribution in [2.24, 2.45) is 45.8 Å². The van der Waals surface area contributed by atoms with Gasteiger partial charge in [-0.05, 0) is 48.9 Å². The van der Waals surface area contributed by atoms with E-state index in [0.717, 1.165) is 24.8 Å². The Morgan fingerprint density at radius 2 is 2.06 bits per heavy atom. The van der Waals surface area contributed by atoms with Crippen molar-refractivity contribution in [2.45, 2.75) is 46.5 Å². The minimum Gasteiger partial charge on any atom is -0.481 e. The first-order valence-electron chi connectivity index (χ1n) is 11.5. The molecule has 0 aromatic heterocycles. The lowest BCUT2D eigenvalue weighted by Crippen LogP contribution is -2.62. The van der Waals surface area contributed by atoms with Crippen LogP contribution in [0.5, 0.6) is 0 Å². The van der Waals surface area contributed by atoms with Crippen LogP contribution in [0.2, 0.25) is 0 Å². The maximum absolute atomic E-state index is 13.2. The third-order valence-corrected chi connectivity index (χ3v) is 8.99. The van der Waals surface area contributed by atoms with E-state index in [9.17, 15) is 15.2 Å². The fourth-order valence-corrected chi connectivity index (χ4v) is 8.06. The third kappa shape index (κ3) is 2.81. The molecule has 0 aliphatic heterocycles. The van der Waals surface area contributed by atoms with Crippen LogP contribution in [0, 0.1) is 57.2 Å². The van der Waals surface area contributed by atoms with Crippen molar-refractivity contribution in [3.63, 3.8) is 0 Å².